The molecule has 0 N–H and O–H groups in total. The normalized spacial score (nSPS) is 10.9. The number of pyridine rings is 2. The Hall–Kier alpha value is -1.75. The molecule has 3 aromatic heterocycles. The van der Waals surface area contributed by atoms with E-state index in [1.807, 2.05) is 41.7 Å². The molecule has 5 heteroatoms. The first kappa shape index (κ1) is 10.4. The number of halogens is 1. The summed E-state index contributed by atoms with van der Waals surface area (Å²) >= 11 is 3.32. The summed E-state index contributed by atoms with van der Waals surface area (Å²) in [5.41, 5.74) is 2.91. The molecule has 0 unspecified atom stereocenters. The van der Waals surface area contributed by atoms with Crippen molar-refractivity contribution in [1.82, 2.24) is 19.6 Å². The lowest BCUT2D eigenvalue weighted by molar-refractivity contribution is 1.07. The third-order valence-corrected chi connectivity index (χ3v) is 3.08. The number of aryl methyl sites for hydroxylation is 1. The van der Waals surface area contributed by atoms with Crippen LogP contribution in [0.2, 0.25) is 0 Å². The fraction of sp³-hybridized carbons (Fsp3) is 0.0833. The van der Waals surface area contributed by atoms with Gasteiger partial charge in [-0.15, -0.1) is 10.2 Å². The van der Waals surface area contributed by atoms with Gasteiger partial charge in [-0.2, -0.15) is 0 Å². The summed E-state index contributed by atoms with van der Waals surface area (Å²) in [7, 11) is 0. The highest BCUT2D eigenvalue weighted by atomic mass is 79.9. The average molecular weight is 289 g/mol. The minimum Gasteiger partial charge on any atom is -0.280 e. The molecule has 3 aromatic rings. The fourth-order valence-corrected chi connectivity index (χ4v) is 2.03. The Morgan fingerprint density at radius 2 is 2.00 bits per heavy atom. The number of fused-ring (bicyclic) bond motifs is 1. The van der Waals surface area contributed by atoms with Crippen molar-refractivity contribution in [2.45, 2.75) is 6.92 Å². The minimum atomic E-state index is 0.812. The van der Waals surface area contributed by atoms with Crippen LogP contribution >= 0.6 is 15.9 Å². The second kappa shape index (κ2) is 3.92. The smallest absolute Gasteiger partial charge is 0.170 e. The zero-order chi connectivity index (χ0) is 11.8. The van der Waals surface area contributed by atoms with Gasteiger partial charge in [-0.05, 0) is 47.1 Å². The quantitative estimate of drug-likeness (QED) is 0.647. The van der Waals surface area contributed by atoms with Crippen molar-refractivity contribution in [2.75, 3.05) is 0 Å². The molecule has 0 saturated heterocycles. The van der Waals surface area contributed by atoms with Gasteiger partial charge in [0.15, 0.2) is 11.5 Å². The highest BCUT2D eigenvalue weighted by molar-refractivity contribution is 9.10. The molecule has 17 heavy (non-hydrogen) atoms. The molecule has 0 aliphatic rings. The molecule has 0 fully saturated rings. The Kier molecular flexibility index (Phi) is 2.40. The van der Waals surface area contributed by atoms with Crippen LogP contribution in [0, 0.1) is 6.92 Å². The molecular weight excluding hydrogens is 280 g/mol. The van der Waals surface area contributed by atoms with E-state index in [9.17, 15) is 0 Å². The Morgan fingerprint density at radius 3 is 2.76 bits per heavy atom. The van der Waals surface area contributed by atoms with E-state index in [4.69, 9.17) is 0 Å². The van der Waals surface area contributed by atoms with Crippen molar-refractivity contribution >= 4 is 21.6 Å². The third kappa shape index (κ3) is 1.72. The van der Waals surface area contributed by atoms with Crippen LogP contribution in [0.15, 0.2) is 41.1 Å². The molecule has 0 aromatic carbocycles. The summed E-state index contributed by atoms with van der Waals surface area (Å²) in [6.45, 7) is 2.03. The van der Waals surface area contributed by atoms with Crippen molar-refractivity contribution in [1.29, 1.82) is 0 Å². The van der Waals surface area contributed by atoms with Gasteiger partial charge in [0.05, 0.1) is 0 Å². The molecule has 0 atom stereocenters. The van der Waals surface area contributed by atoms with Crippen LogP contribution in [0.1, 0.15) is 5.69 Å². The standard InChI is InChI=1S/C12H9BrN4/c1-8-3-2-4-11-15-16-12(17(8)11)9-5-6-10(13)14-7-9/h2-7H,1H3. The summed E-state index contributed by atoms with van der Waals surface area (Å²) in [6, 6.07) is 9.82. The van der Waals surface area contributed by atoms with Gasteiger partial charge in [-0.3, -0.25) is 4.40 Å². The molecule has 0 saturated carbocycles. The topological polar surface area (TPSA) is 43.1 Å². The van der Waals surface area contributed by atoms with Crippen LogP contribution in [0.5, 0.6) is 0 Å². The monoisotopic (exact) mass is 288 g/mol. The minimum absolute atomic E-state index is 0.812. The zero-order valence-electron chi connectivity index (χ0n) is 9.13. The van der Waals surface area contributed by atoms with Crippen molar-refractivity contribution in [2.24, 2.45) is 0 Å². The maximum atomic E-state index is 4.21. The Labute approximate surface area is 106 Å². The van der Waals surface area contributed by atoms with E-state index < -0.39 is 0 Å². The van der Waals surface area contributed by atoms with E-state index in [0.717, 1.165) is 27.3 Å². The van der Waals surface area contributed by atoms with Crippen LogP contribution in [0.3, 0.4) is 0 Å². The fourth-order valence-electron chi connectivity index (χ4n) is 1.80. The maximum Gasteiger partial charge on any atom is 0.170 e. The second-order valence-electron chi connectivity index (χ2n) is 3.75. The Balaban J connectivity index is 2.27. The van der Waals surface area contributed by atoms with Gasteiger partial charge >= 0.3 is 0 Å². The van der Waals surface area contributed by atoms with Gasteiger partial charge in [0.25, 0.3) is 0 Å². The van der Waals surface area contributed by atoms with E-state index >= 15 is 0 Å². The van der Waals surface area contributed by atoms with Crippen LogP contribution < -0.4 is 0 Å². The number of hydrogen-bond acceptors (Lipinski definition) is 3. The Bertz CT molecular complexity index is 673. The lowest BCUT2D eigenvalue weighted by Crippen LogP contribution is -1.94. The number of nitrogens with zero attached hydrogens (tertiary/aromatic N) is 4. The summed E-state index contributed by atoms with van der Waals surface area (Å²) in [4.78, 5) is 4.21. The van der Waals surface area contributed by atoms with Crippen LogP contribution in [0.25, 0.3) is 17.0 Å². The van der Waals surface area contributed by atoms with Crippen LogP contribution in [0.4, 0.5) is 0 Å². The first-order chi connectivity index (χ1) is 8.25. The zero-order valence-corrected chi connectivity index (χ0v) is 10.7. The number of aromatic nitrogens is 4. The largest absolute Gasteiger partial charge is 0.280 e. The molecule has 0 bridgehead atoms. The van der Waals surface area contributed by atoms with Crippen LogP contribution in [-0.2, 0) is 0 Å². The molecule has 0 radical (unpaired) electrons. The lowest BCUT2D eigenvalue weighted by Gasteiger charge is -2.02. The molecule has 3 heterocycles. The van der Waals surface area contributed by atoms with Gasteiger partial charge < -0.3 is 0 Å². The maximum absolute atomic E-state index is 4.21. The van der Waals surface area contributed by atoms with Gasteiger partial charge in [0, 0.05) is 17.5 Å². The van der Waals surface area contributed by atoms with Crippen LogP contribution in [-0.4, -0.2) is 19.6 Å². The summed E-state index contributed by atoms with van der Waals surface area (Å²) in [5, 5.41) is 8.37. The van der Waals surface area contributed by atoms with Crippen molar-refractivity contribution < 1.29 is 0 Å². The summed E-state index contributed by atoms with van der Waals surface area (Å²) in [5.74, 6) is 0.818. The first-order valence-electron chi connectivity index (χ1n) is 5.18. The molecule has 0 amide bonds. The molecular formula is C12H9BrN4. The van der Waals surface area contributed by atoms with Gasteiger partial charge in [-0.1, -0.05) is 6.07 Å². The molecule has 4 nitrogen and oxygen atoms in total. The molecule has 0 aliphatic heterocycles. The molecule has 0 spiro atoms. The summed E-state index contributed by atoms with van der Waals surface area (Å²) in [6.07, 6.45) is 1.78. The predicted octanol–water partition coefficient (Wildman–Crippen LogP) is 2.86. The van der Waals surface area contributed by atoms with Gasteiger partial charge in [-0.25, -0.2) is 4.98 Å². The third-order valence-electron chi connectivity index (χ3n) is 2.61. The number of hydrogen-bond donors (Lipinski definition) is 0. The van der Waals surface area contributed by atoms with Crippen molar-refractivity contribution in [3.8, 4) is 11.4 Å². The first-order valence-corrected chi connectivity index (χ1v) is 5.98. The lowest BCUT2D eigenvalue weighted by atomic mass is 10.2. The molecule has 84 valence electrons. The summed E-state index contributed by atoms with van der Waals surface area (Å²) < 4.78 is 2.83. The highest BCUT2D eigenvalue weighted by Crippen LogP contribution is 2.20. The van der Waals surface area contributed by atoms with E-state index in [2.05, 4.69) is 31.1 Å². The van der Waals surface area contributed by atoms with E-state index in [-0.39, 0.29) is 0 Å². The SMILES string of the molecule is Cc1cccc2nnc(-c3ccc(Br)nc3)n12. The Morgan fingerprint density at radius 1 is 1.12 bits per heavy atom. The van der Waals surface area contributed by atoms with Gasteiger partial charge in [0.1, 0.15) is 4.60 Å². The predicted molar refractivity (Wildman–Crippen MR) is 68.7 cm³/mol. The van der Waals surface area contributed by atoms with Gasteiger partial charge in [0.2, 0.25) is 0 Å². The molecule has 3 rings (SSSR count). The number of rotatable bonds is 1. The van der Waals surface area contributed by atoms with Crippen molar-refractivity contribution in [3.63, 3.8) is 0 Å². The second-order valence-corrected chi connectivity index (χ2v) is 4.57. The molecule has 0 aliphatic carbocycles. The van der Waals surface area contributed by atoms with E-state index in [0.29, 0.717) is 0 Å². The van der Waals surface area contributed by atoms with E-state index in [1.165, 1.54) is 0 Å². The van der Waals surface area contributed by atoms with Crippen molar-refractivity contribution in [3.05, 3.63) is 46.8 Å². The highest BCUT2D eigenvalue weighted by Gasteiger charge is 2.09. The van der Waals surface area contributed by atoms with E-state index in [1.54, 1.807) is 6.20 Å². The average Bonchev–Trinajstić information content (AvgIpc) is 2.75.